The summed E-state index contributed by atoms with van der Waals surface area (Å²) < 4.78 is 0. The third-order valence-corrected chi connectivity index (χ3v) is 2.99. The molecular formula is C15H23N3O2. The van der Waals surface area contributed by atoms with Gasteiger partial charge < -0.3 is 10.2 Å². The fourth-order valence-electron chi connectivity index (χ4n) is 1.97. The third kappa shape index (κ3) is 5.38. The van der Waals surface area contributed by atoms with E-state index in [-0.39, 0.29) is 17.4 Å². The van der Waals surface area contributed by atoms with Crippen LogP contribution in [-0.2, 0) is 16.1 Å². The van der Waals surface area contributed by atoms with Gasteiger partial charge in [0.2, 0.25) is 11.8 Å². The van der Waals surface area contributed by atoms with Crippen LogP contribution < -0.4 is 5.32 Å². The zero-order chi connectivity index (χ0) is 15.2. The van der Waals surface area contributed by atoms with Gasteiger partial charge in [0.25, 0.3) is 0 Å². The van der Waals surface area contributed by atoms with E-state index in [4.69, 9.17) is 0 Å². The van der Waals surface area contributed by atoms with Gasteiger partial charge in [-0.2, -0.15) is 0 Å². The van der Waals surface area contributed by atoms with E-state index < -0.39 is 0 Å². The van der Waals surface area contributed by atoms with Crippen LogP contribution in [0.15, 0.2) is 24.5 Å². The molecule has 0 saturated carbocycles. The summed E-state index contributed by atoms with van der Waals surface area (Å²) in [7, 11) is 0. The molecule has 0 spiro atoms. The molecule has 0 fully saturated rings. The first-order chi connectivity index (χ1) is 9.30. The zero-order valence-corrected chi connectivity index (χ0v) is 12.6. The second kappa shape index (κ2) is 7.03. The molecule has 0 saturated heterocycles. The Bertz CT molecular complexity index is 452. The maximum Gasteiger partial charge on any atom is 0.222 e. The summed E-state index contributed by atoms with van der Waals surface area (Å²) in [6, 6.07) is 3.72. The van der Waals surface area contributed by atoms with Crippen LogP contribution in [0.25, 0.3) is 0 Å². The van der Waals surface area contributed by atoms with E-state index in [0.29, 0.717) is 19.5 Å². The lowest BCUT2D eigenvalue weighted by molar-refractivity contribution is -0.134. The van der Waals surface area contributed by atoms with Gasteiger partial charge in [0.1, 0.15) is 0 Å². The molecule has 0 aliphatic heterocycles. The van der Waals surface area contributed by atoms with Crippen molar-refractivity contribution in [3.05, 3.63) is 30.1 Å². The van der Waals surface area contributed by atoms with Crippen molar-refractivity contribution < 1.29 is 9.59 Å². The molecule has 1 rings (SSSR count). The van der Waals surface area contributed by atoms with Crippen LogP contribution in [-0.4, -0.2) is 33.8 Å². The number of amides is 2. The fourth-order valence-corrected chi connectivity index (χ4v) is 1.97. The Labute approximate surface area is 120 Å². The van der Waals surface area contributed by atoms with Crippen molar-refractivity contribution in [3.63, 3.8) is 0 Å². The number of carbonyl (C=O) groups is 2. The number of aromatic nitrogens is 1. The molecule has 20 heavy (non-hydrogen) atoms. The van der Waals surface area contributed by atoms with Gasteiger partial charge in [-0.25, -0.2) is 0 Å². The SMILES string of the molecule is CC(=O)N(CCC(=O)NCc1ccncc1)C(C)(C)C. The lowest BCUT2D eigenvalue weighted by Crippen LogP contribution is -2.46. The molecule has 0 aliphatic carbocycles. The standard InChI is InChI=1S/C15H23N3O2/c1-12(19)18(15(2,3)4)10-7-14(20)17-11-13-5-8-16-9-6-13/h5-6,8-9H,7,10-11H2,1-4H3,(H,17,20). The Hall–Kier alpha value is -1.91. The highest BCUT2D eigenvalue weighted by atomic mass is 16.2. The number of pyridine rings is 1. The average Bonchev–Trinajstić information content (AvgIpc) is 2.35. The molecule has 1 N–H and O–H groups in total. The molecule has 5 heteroatoms. The summed E-state index contributed by atoms with van der Waals surface area (Å²) in [5.74, 6) is -0.0725. The van der Waals surface area contributed by atoms with Crippen LogP contribution in [0, 0.1) is 0 Å². The van der Waals surface area contributed by atoms with Crippen molar-refractivity contribution >= 4 is 11.8 Å². The summed E-state index contributed by atoms with van der Waals surface area (Å²) in [5, 5.41) is 2.84. The first-order valence-corrected chi connectivity index (χ1v) is 6.74. The van der Waals surface area contributed by atoms with E-state index in [1.807, 2.05) is 32.9 Å². The molecule has 0 bridgehead atoms. The lowest BCUT2D eigenvalue weighted by atomic mass is 10.1. The van der Waals surface area contributed by atoms with E-state index in [9.17, 15) is 9.59 Å². The molecule has 1 heterocycles. The molecule has 1 aromatic heterocycles. The molecule has 0 aromatic carbocycles. The molecule has 2 amide bonds. The summed E-state index contributed by atoms with van der Waals surface area (Å²) >= 11 is 0. The molecule has 0 unspecified atom stereocenters. The van der Waals surface area contributed by atoms with E-state index in [0.717, 1.165) is 5.56 Å². The van der Waals surface area contributed by atoms with E-state index >= 15 is 0 Å². The van der Waals surface area contributed by atoms with Crippen molar-refractivity contribution in [1.29, 1.82) is 0 Å². The van der Waals surface area contributed by atoms with Crippen molar-refractivity contribution in [2.45, 2.75) is 46.2 Å². The number of nitrogens with zero attached hydrogens (tertiary/aromatic N) is 2. The summed E-state index contributed by atoms with van der Waals surface area (Å²) in [6.45, 7) is 8.33. The predicted molar refractivity (Wildman–Crippen MR) is 77.8 cm³/mol. The summed E-state index contributed by atoms with van der Waals surface area (Å²) in [6.07, 6.45) is 3.69. The molecule has 0 radical (unpaired) electrons. The number of rotatable bonds is 5. The van der Waals surface area contributed by atoms with Crippen LogP contribution >= 0.6 is 0 Å². The van der Waals surface area contributed by atoms with Crippen molar-refractivity contribution in [3.8, 4) is 0 Å². The minimum absolute atomic E-state index is 0.0144. The minimum atomic E-state index is -0.267. The Balaban J connectivity index is 2.41. The Morgan fingerprint density at radius 3 is 2.35 bits per heavy atom. The summed E-state index contributed by atoms with van der Waals surface area (Å²) in [5.41, 5.74) is 0.740. The van der Waals surface area contributed by atoms with Gasteiger partial charge >= 0.3 is 0 Å². The quantitative estimate of drug-likeness (QED) is 0.891. The predicted octanol–water partition coefficient (Wildman–Crippen LogP) is 1.73. The maximum absolute atomic E-state index is 11.8. The molecule has 0 atom stereocenters. The van der Waals surface area contributed by atoms with E-state index in [1.54, 1.807) is 17.3 Å². The third-order valence-electron chi connectivity index (χ3n) is 2.99. The second-order valence-electron chi connectivity index (χ2n) is 5.72. The van der Waals surface area contributed by atoms with E-state index in [1.165, 1.54) is 6.92 Å². The average molecular weight is 277 g/mol. The number of carbonyl (C=O) groups excluding carboxylic acids is 2. The van der Waals surface area contributed by atoms with Crippen molar-refractivity contribution in [2.75, 3.05) is 6.54 Å². The summed E-state index contributed by atoms with van der Waals surface area (Å²) in [4.78, 5) is 29.0. The maximum atomic E-state index is 11.8. The van der Waals surface area contributed by atoms with Gasteiger partial charge in [0.15, 0.2) is 0 Å². The van der Waals surface area contributed by atoms with Crippen LogP contribution in [0.5, 0.6) is 0 Å². The van der Waals surface area contributed by atoms with Gasteiger partial charge in [-0.1, -0.05) is 0 Å². The normalized spacial score (nSPS) is 11.0. The minimum Gasteiger partial charge on any atom is -0.352 e. The van der Waals surface area contributed by atoms with Gasteiger partial charge in [-0.3, -0.25) is 14.6 Å². The fraction of sp³-hybridized carbons (Fsp3) is 0.533. The highest BCUT2D eigenvalue weighted by Crippen LogP contribution is 2.13. The zero-order valence-electron chi connectivity index (χ0n) is 12.6. The number of hydrogen-bond acceptors (Lipinski definition) is 3. The molecule has 5 nitrogen and oxygen atoms in total. The largest absolute Gasteiger partial charge is 0.352 e. The monoisotopic (exact) mass is 277 g/mol. The Morgan fingerprint density at radius 2 is 1.85 bits per heavy atom. The number of nitrogens with one attached hydrogen (secondary N) is 1. The smallest absolute Gasteiger partial charge is 0.222 e. The van der Waals surface area contributed by atoms with Crippen LogP contribution in [0.2, 0.25) is 0 Å². The van der Waals surface area contributed by atoms with Gasteiger partial charge in [-0.05, 0) is 38.5 Å². The molecule has 1 aromatic rings. The first kappa shape index (κ1) is 16.1. The van der Waals surface area contributed by atoms with Gasteiger partial charge in [0, 0.05) is 44.4 Å². The first-order valence-electron chi connectivity index (χ1n) is 6.74. The van der Waals surface area contributed by atoms with Crippen LogP contribution in [0.1, 0.15) is 39.7 Å². The second-order valence-corrected chi connectivity index (χ2v) is 5.72. The molecule has 110 valence electrons. The molecular weight excluding hydrogens is 254 g/mol. The highest BCUT2D eigenvalue weighted by Gasteiger charge is 2.23. The van der Waals surface area contributed by atoms with Crippen molar-refractivity contribution in [1.82, 2.24) is 15.2 Å². The molecule has 0 aliphatic rings. The Kier molecular flexibility index (Phi) is 5.67. The van der Waals surface area contributed by atoms with Gasteiger partial charge in [-0.15, -0.1) is 0 Å². The van der Waals surface area contributed by atoms with Crippen LogP contribution in [0.3, 0.4) is 0 Å². The van der Waals surface area contributed by atoms with Crippen molar-refractivity contribution in [2.24, 2.45) is 0 Å². The lowest BCUT2D eigenvalue weighted by Gasteiger charge is -2.34. The highest BCUT2D eigenvalue weighted by molar-refractivity contribution is 5.78. The van der Waals surface area contributed by atoms with E-state index in [2.05, 4.69) is 10.3 Å². The van der Waals surface area contributed by atoms with Gasteiger partial charge in [0.05, 0.1) is 0 Å². The van der Waals surface area contributed by atoms with Crippen LogP contribution in [0.4, 0.5) is 0 Å². The topological polar surface area (TPSA) is 62.3 Å². The number of hydrogen-bond donors (Lipinski definition) is 1. The Morgan fingerprint density at radius 1 is 1.25 bits per heavy atom.